The van der Waals surface area contributed by atoms with Gasteiger partial charge in [0.1, 0.15) is 5.75 Å². The van der Waals surface area contributed by atoms with Crippen LogP contribution in [-0.4, -0.2) is 15.9 Å². The number of nitrogens with zero attached hydrogens (tertiary/aromatic N) is 1. The van der Waals surface area contributed by atoms with Crippen molar-refractivity contribution in [3.63, 3.8) is 0 Å². The first-order valence-electron chi connectivity index (χ1n) is 8.06. The lowest BCUT2D eigenvalue weighted by Gasteiger charge is -2.07. The van der Waals surface area contributed by atoms with Crippen LogP contribution in [-0.2, 0) is 0 Å². The highest BCUT2D eigenvalue weighted by Gasteiger charge is 2.13. The Morgan fingerprint density at radius 1 is 1.04 bits per heavy atom. The molecule has 0 atom stereocenters. The van der Waals surface area contributed by atoms with Gasteiger partial charge in [0.2, 0.25) is 5.88 Å². The zero-order valence-corrected chi connectivity index (χ0v) is 13.9. The topological polar surface area (TPSA) is 67.0 Å². The molecule has 0 aliphatic carbocycles. The number of aromatic amines is 1. The molecule has 0 bridgehead atoms. The van der Waals surface area contributed by atoms with Crippen molar-refractivity contribution >= 4 is 22.5 Å². The summed E-state index contributed by atoms with van der Waals surface area (Å²) in [4.78, 5) is 19.4. The summed E-state index contributed by atoms with van der Waals surface area (Å²) in [5, 5.41) is 3.05. The fourth-order valence-electron chi connectivity index (χ4n) is 2.63. The molecule has 4 aromatic rings. The van der Waals surface area contributed by atoms with Gasteiger partial charge in [-0.2, -0.15) is 0 Å². The quantitative estimate of drug-likeness (QED) is 0.541. The number of hydrogen-bond acceptors (Lipinski definition) is 3. The van der Waals surface area contributed by atoms with E-state index in [1.165, 1.54) is 24.5 Å². The fraction of sp³-hybridized carbons (Fsp3) is 0. The van der Waals surface area contributed by atoms with E-state index >= 15 is 0 Å². The Morgan fingerprint density at radius 3 is 2.63 bits per heavy atom. The summed E-state index contributed by atoms with van der Waals surface area (Å²) in [6.07, 6.45) is 2.93. The Hall–Kier alpha value is -3.74. The van der Waals surface area contributed by atoms with Crippen molar-refractivity contribution in [1.82, 2.24) is 9.97 Å². The number of benzene rings is 2. The predicted octanol–water partition coefficient (Wildman–Crippen LogP) is 4.89. The molecule has 1 amide bonds. The van der Waals surface area contributed by atoms with Crippen LogP contribution in [0.2, 0.25) is 0 Å². The van der Waals surface area contributed by atoms with E-state index in [4.69, 9.17) is 4.74 Å². The number of para-hydroxylation sites is 1. The number of ether oxygens (including phenoxy) is 1. The normalized spacial score (nSPS) is 10.7. The molecule has 0 radical (unpaired) electrons. The molecule has 0 fully saturated rings. The number of fused-ring (bicyclic) bond motifs is 1. The molecule has 0 unspecified atom stereocenters. The summed E-state index contributed by atoms with van der Waals surface area (Å²) >= 11 is 0. The van der Waals surface area contributed by atoms with Crippen molar-refractivity contribution in [3.05, 3.63) is 84.2 Å². The lowest BCUT2D eigenvalue weighted by molar-refractivity contribution is 0.102. The van der Waals surface area contributed by atoms with Gasteiger partial charge >= 0.3 is 0 Å². The van der Waals surface area contributed by atoms with Crippen molar-refractivity contribution in [2.24, 2.45) is 0 Å². The highest BCUT2D eigenvalue weighted by Crippen LogP contribution is 2.26. The third-order valence-electron chi connectivity index (χ3n) is 3.93. The lowest BCUT2D eigenvalue weighted by Crippen LogP contribution is -2.11. The Labute approximate surface area is 152 Å². The number of halogens is 2. The first kappa shape index (κ1) is 16.7. The van der Waals surface area contributed by atoms with E-state index in [0.717, 1.165) is 12.1 Å². The Balaban J connectivity index is 1.57. The molecule has 2 heterocycles. The molecule has 4 rings (SSSR count). The summed E-state index contributed by atoms with van der Waals surface area (Å²) in [5.41, 5.74) is 1.04. The standard InChI is InChI=1S/C20H13F2N3O2/c21-15-9-14-17(10-16(15)22)24-11-18(14)25-20(26)12-6-7-23-19(8-12)27-13-4-2-1-3-5-13/h1-11,24H,(H,25,26). The monoisotopic (exact) mass is 365 g/mol. The van der Waals surface area contributed by atoms with E-state index in [1.54, 1.807) is 12.1 Å². The largest absolute Gasteiger partial charge is 0.439 e. The lowest BCUT2D eigenvalue weighted by atomic mass is 10.2. The molecule has 0 spiro atoms. The van der Waals surface area contributed by atoms with Crippen LogP contribution >= 0.6 is 0 Å². The van der Waals surface area contributed by atoms with Crippen LogP contribution in [0.4, 0.5) is 14.5 Å². The van der Waals surface area contributed by atoms with Crippen molar-refractivity contribution in [1.29, 1.82) is 0 Å². The summed E-state index contributed by atoms with van der Waals surface area (Å²) in [5.74, 6) is -1.52. The molecule has 5 nitrogen and oxygen atoms in total. The zero-order chi connectivity index (χ0) is 18.8. The number of amides is 1. The first-order valence-corrected chi connectivity index (χ1v) is 8.06. The smallest absolute Gasteiger partial charge is 0.255 e. The Kier molecular flexibility index (Phi) is 4.25. The number of nitrogens with one attached hydrogen (secondary N) is 2. The fourth-order valence-corrected chi connectivity index (χ4v) is 2.63. The molecule has 134 valence electrons. The van der Waals surface area contributed by atoms with Crippen LogP contribution in [0.25, 0.3) is 10.9 Å². The van der Waals surface area contributed by atoms with Crippen LogP contribution in [0.1, 0.15) is 10.4 Å². The molecular formula is C20H13F2N3O2. The first-order chi connectivity index (χ1) is 13.1. The van der Waals surface area contributed by atoms with Crippen LogP contribution < -0.4 is 10.1 Å². The predicted molar refractivity (Wildman–Crippen MR) is 96.9 cm³/mol. The van der Waals surface area contributed by atoms with Crippen LogP contribution in [0.5, 0.6) is 11.6 Å². The van der Waals surface area contributed by atoms with Crippen LogP contribution in [0, 0.1) is 11.6 Å². The van der Waals surface area contributed by atoms with Gasteiger partial charge < -0.3 is 15.0 Å². The van der Waals surface area contributed by atoms with Gasteiger partial charge in [0, 0.05) is 35.5 Å². The van der Waals surface area contributed by atoms with E-state index in [0.29, 0.717) is 27.9 Å². The van der Waals surface area contributed by atoms with Gasteiger partial charge in [0.15, 0.2) is 11.6 Å². The molecule has 0 aliphatic rings. The van der Waals surface area contributed by atoms with Crippen molar-refractivity contribution in [2.75, 3.05) is 5.32 Å². The second-order valence-corrected chi connectivity index (χ2v) is 5.77. The van der Waals surface area contributed by atoms with Gasteiger partial charge in [-0.3, -0.25) is 4.79 Å². The molecule has 0 saturated carbocycles. The number of hydrogen-bond donors (Lipinski definition) is 2. The molecule has 2 aromatic carbocycles. The summed E-state index contributed by atoms with van der Waals surface area (Å²) in [7, 11) is 0. The summed E-state index contributed by atoms with van der Waals surface area (Å²) in [6.45, 7) is 0. The number of aromatic nitrogens is 2. The summed E-state index contributed by atoms with van der Waals surface area (Å²) < 4.78 is 32.4. The maximum absolute atomic E-state index is 13.5. The third kappa shape index (κ3) is 3.48. The second kappa shape index (κ2) is 6.87. The van der Waals surface area contributed by atoms with Crippen molar-refractivity contribution < 1.29 is 18.3 Å². The van der Waals surface area contributed by atoms with Crippen molar-refractivity contribution in [3.8, 4) is 11.6 Å². The molecular weight excluding hydrogens is 352 g/mol. The van der Waals surface area contributed by atoms with E-state index in [2.05, 4.69) is 15.3 Å². The molecule has 2 N–H and O–H groups in total. The minimum absolute atomic E-state index is 0.265. The maximum atomic E-state index is 13.5. The Bertz CT molecular complexity index is 1130. The number of carbonyl (C=O) groups is 1. The molecule has 2 aromatic heterocycles. The highest BCUT2D eigenvalue weighted by atomic mass is 19.2. The minimum atomic E-state index is -0.986. The molecule has 0 aliphatic heterocycles. The van der Waals surface area contributed by atoms with Gasteiger partial charge in [-0.05, 0) is 24.3 Å². The van der Waals surface area contributed by atoms with Crippen LogP contribution in [0.3, 0.4) is 0 Å². The average Bonchev–Trinajstić information content (AvgIpc) is 3.05. The van der Waals surface area contributed by atoms with E-state index in [-0.39, 0.29) is 5.88 Å². The summed E-state index contributed by atoms with van der Waals surface area (Å²) in [6, 6.07) is 14.2. The minimum Gasteiger partial charge on any atom is -0.439 e. The van der Waals surface area contributed by atoms with Crippen molar-refractivity contribution in [2.45, 2.75) is 0 Å². The number of rotatable bonds is 4. The Morgan fingerprint density at radius 2 is 1.81 bits per heavy atom. The number of pyridine rings is 1. The second-order valence-electron chi connectivity index (χ2n) is 5.77. The maximum Gasteiger partial charge on any atom is 0.255 e. The van der Waals surface area contributed by atoms with Gasteiger partial charge in [-0.1, -0.05) is 18.2 Å². The van der Waals surface area contributed by atoms with Gasteiger partial charge in [0.25, 0.3) is 5.91 Å². The number of carbonyl (C=O) groups excluding carboxylic acids is 1. The SMILES string of the molecule is O=C(Nc1c[nH]c2cc(F)c(F)cc12)c1ccnc(Oc2ccccc2)c1. The molecule has 0 saturated heterocycles. The van der Waals surface area contributed by atoms with Gasteiger partial charge in [0.05, 0.1) is 11.2 Å². The number of H-pyrrole nitrogens is 1. The number of anilines is 1. The molecule has 27 heavy (non-hydrogen) atoms. The van der Waals surface area contributed by atoms with Crippen LogP contribution in [0.15, 0.2) is 67.0 Å². The van der Waals surface area contributed by atoms with Gasteiger partial charge in [-0.15, -0.1) is 0 Å². The third-order valence-corrected chi connectivity index (χ3v) is 3.93. The zero-order valence-electron chi connectivity index (χ0n) is 13.9. The van der Waals surface area contributed by atoms with E-state index < -0.39 is 17.5 Å². The van der Waals surface area contributed by atoms with E-state index in [9.17, 15) is 13.6 Å². The van der Waals surface area contributed by atoms with E-state index in [1.807, 2.05) is 18.2 Å². The molecule has 7 heteroatoms. The van der Waals surface area contributed by atoms with Gasteiger partial charge in [-0.25, -0.2) is 13.8 Å². The average molecular weight is 365 g/mol. The highest BCUT2D eigenvalue weighted by molar-refractivity contribution is 6.09.